The molecule has 152 valence electrons. The second-order valence-corrected chi connectivity index (χ2v) is 8.38. The molecule has 1 fully saturated rings. The van der Waals surface area contributed by atoms with Crippen LogP contribution in [0.4, 0.5) is 5.69 Å². The molecule has 5 heteroatoms. The predicted octanol–water partition coefficient (Wildman–Crippen LogP) is 5.08. The Kier molecular flexibility index (Phi) is 4.74. The molecule has 0 spiro atoms. The first-order valence-electron chi connectivity index (χ1n) is 10.7. The molecule has 2 heterocycles. The molecule has 0 unspecified atom stereocenters. The van der Waals surface area contributed by atoms with Gasteiger partial charge in [-0.2, -0.15) is 0 Å². The van der Waals surface area contributed by atoms with Crippen molar-refractivity contribution in [2.75, 3.05) is 5.32 Å². The van der Waals surface area contributed by atoms with Crippen molar-refractivity contribution in [3.8, 4) is 0 Å². The fourth-order valence-electron chi connectivity index (χ4n) is 4.82. The molecule has 0 atom stereocenters. The number of benzene rings is 2. The Bertz CT molecular complexity index is 1150. The summed E-state index contributed by atoms with van der Waals surface area (Å²) < 4.78 is 0. The highest BCUT2D eigenvalue weighted by atomic mass is 16.2. The van der Waals surface area contributed by atoms with Crippen LogP contribution in [0.1, 0.15) is 64.1 Å². The third kappa shape index (κ3) is 3.24. The summed E-state index contributed by atoms with van der Waals surface area (Å²) >= 11 is 0. The van der Waals surface area contributed by atoms with Crippen LogP contribution in [0.3, 0.4) is 0 Å². The highest BCUT2D eigenvalue weighted by molar-refractivity contribution is 6.16. The predicted molar refractivity (Wildman–Crippen MR) is 118 cm³/mol. The van der Waals surface area contributed by atoms with E-state index in [2.05, 4.69) is 10.3 Å². The van der Waals surface area contributed by atoms with Crippen LogP contribution < -0.4 is 5.32 Å². The van der Waals surface area contributed by atoms with Crippen molar-refractivity contribution < 1.29 is 9.59 Å². The number of para-hydroxylation sites is 1. The van der Waals surface area contributed by atoms with Gasteiger partial charge in [-0.1, -0.05) is 49.6 Å². The molecule has 1 N–H and O–H groups in total. The van der Waals surface area contributed by atoms with E-state index in [9.17, 15) is 9.59 Å². The molecular formula is C25H25N3O2. The van der Waals surface area contributed by atoms with Crippen molar-refractivity contribution in [1.29, 1.82) is 0 Å². The van der Waals surface area contributed by atoms with Crippen molar-refractivity contribution in [1.82, 2.24) is 9.88 Å². The highest BCUT2D eigenvalue weighted by Gasteiger charge is 2.38. The zero-order valence-corrected chi connectivity index (χ0v) is 17.1. The van der Waals surface area contributed by atoms with Crippen LogP contribution in [0, 0.1) is 6.92 Å². The lowest BCUT2D eigenvalue weighted by molar-refractivity contribution is 0.0655. The summed E-state index contributed by atoms with van der Waals surface area (Å²) in [4.78, 5) is 33.3. The van der Waals surface area contributed by atoms with Crippen molar-refractivity contribution in [2.45, 2.75) is 51.6 Å². The van der Waals surface area contributed by atoms with Gasteiger partial charge in [-0.05, 0) is 43.5 Å². The summed E-state index contributed by atoms with van der Waals surface area (Å²) in [6.45, 7) is 2.46. The standard InChI is InChI=1S/C25H25N3O2/c1-16-8-7-9-17(14-16)26-24(29)22-19-12-5-6-13-21(19)27-23-20(22)15-28(25(23)30)18-10-3-2-4-11-18/h5-9,12-14,18H,2-4,10-11,15H2,1H3,(H,26,29). The summed E-state index contributed by atoms with van der Waals surface area (Å²) in [5.74, 6) is -0.221. The minimum Gasteiger partial charge on any atom is -0.330 e. The maximum absolute atomic E-state index is 13.4. The number of nitrogens with zero attached hydrogens (tertiary/aromatic N) is 2. The quantitative estimate of drug-likeness (QED) is 0.668. The van der Waals surface area contributed by atoms with Crippen molar-refractivity contribution in [3.63, 3.8) is 0 Å². The van der Waals surface area contributed by atoms with E-state index in [-0.39, 0.29) is 17.9 Å². The second-order valence-electron chi connectivity index (χ2n) is 8.38. The number of carbonyl (C=O) groups is 2. The van der Waals surface area contributed by atoms with E-state index in [1.165, 1.54) is 6.42 Å². The first-order valence-corrected chi connectivity index (χ1v) is 10.7. The topological polar surface area (TPSA) is 62.3 Å². The Hall–Kier alpha value is -3.21. The van der Waals surface area contributed by atoms with Gasteiger partial charge in [0.2, 0.25) is 0 Å². The summed E-state index contributed by atoms with van der Waals surface area (Å²) in [7, 11) is 0. The number of nitrogens with one attached hydrogen (secondary N) is 1. The van der Waals surface area contributed by atoms with E-state index in [1.807, 2.05) is 60.4 Å². The van der Waals surface area contributed by atoms with Gasteiger partial charge in [-0.3, -0.25) is 9.59 Å². The molecule has 0 saturated heterocycles. The molecule has 2 aromatic carbocycles. The smallest absolute Gasteiger partial charge is 0.273 e. The van der Waals surface area contributed by atoms with Crippen molar-refractivity contribution in [2.24, 2.45) is 0 Å². The Morgan fingerprint density at radius 2 is 1.87 bits per heavy atom. The first-order chi connectivity index (χ1) is 14.6. The van der Waals surface area contributed by atoms with Gasteiger partial charge >= 0.3 is 0 Å². The number of hydrogen-bond acceptors (Lipinski definition) is 3. The van der Waals surface area contributed by atoms with Gasteiger partial charge in [0.1, 0.15) is 5.69 Å². The van der Waals surface area contributed by atoms with E-state index in [4.69, 9.17) is 0 Å². The first kappa shape index (κ1) is 18.8. The number of anilines is 1. The second kappa shape index (κ2) is 7.56. The number of fused-ring (bicyclic) bond motifs is 2. The lowest BCUT2D eigenvalue weighted by Crippen LogP contribution is -2.37. The lowest BCUT2D eigenvalue weighted by atomic mass is 9.94. The number of rotatable bonds is 3. The maximum atomic E-state index is 13.4. The van der Waals surface area contributed by atoms with Crippen LogP contribution in [-0.2, 0) is 6.54 Å². The minimum atomic E-state index is -0.186. The summed E-state index contributed by atoms with van der Waals surface area (Å²) in [6, 6.07) is 15.6. The van der Waals surface area contributed by atoms with Crippen LogP contribution in [0.25, 0.3) is 10.9 Å². The monoisotopic (exact) mass is 399 g/mol. The van der Waals surface area contributed by atoms with Gasteiger partial charge in [0.25, 0.3) is 11.8 Å². The lowest BCUT2D eigenvalue weighted by Gasteiger charge is -2.30. The van der Waals surface area contributed by atoms with Crippen LogP contribution in [0.15, 0.2) is 48.5 Å². The molecule has 1 aliphatic heterocycles. The molecule has 2 amide bonds. The Morgan fingerprint density at radius 1 is 1.07 bits per heavy atom. The third-order valence-electron chi connectivity index (χ3n) is 6.30. The molecular weight excluding hydrogens is 374 g/mol. The summed E-state index contributed by atoms with van der Waals surface area (Å²) in [5, 5.41) is 3.82. The molecule has 5 rings (SSSR count). The Morgan fingerprint density at radius 3 is 2.67 bits per heavy atom. The van der Waals surface area contributed by atoms with E-state index < -0.39 is 0 Å². The van der Waals surface area contributed by atoms with Gasteiger partial charge < -0.3 is 10.2 Å². The maximum Gasteiger partial charge on any atom is 0.273 e. The Labute approximate surface area is 176 Å². The molecule has 3 aromatic rings. The van der Waals surface area contributed by atoms with Gasteiger partial charge in [0.15, 0.2) is 0 Å². The fraction of sp³-hybridized carbons (Fsp3) is 0.320. The molecule has 0 bridgehead atoms. The highest BCUT2D eigenvalue weighted by Crippen LogP contribution is 2.35. The van der Waals surface area contributed by atoms with Gasteiger partial charge in [-0.15, -0.1) is 0 Å². The molecule has 1 saturated carbocycles. The van der Waals surface area contributed by atoms with Crippen molar-refractivity contribution >= 4 is 28.4 Å². The van der Waals surface area contributed by atoms with Gasteiger partial charge in [0, 0.05) is 29.2 Å². The van der Waals surface area contributed by atoms with E-state index in [1.54, 1.807) is 0 Å². The average molecular weight is 399 g/mol. The SMILES string of the molecule is Cc1cccc(NC(=O)c2c3c(nc4ccccc24)C(=O)N(C2CCCCC2)C3)c1. The molecule has 5 nitrogen and oxygen atoms in total. The van der Waals surface area contributed by atoms with E-state index in [0.717, 1.165) is 47.9 Å². The number of hydrogen-bond donors (Lipinski definition) is 1. The number of aromatic nitrogens is 1. The average Bonchev–Trinajstić information content (AvgIpc) is 3.08. The molecule has 30 heavy (non-hydrogen) atoms. The molecule has 2 aliphatic rings. The van der Waals surface area contributed by atoms with E-state index >= 15 is 0 Å². The number of amides is 2. The zero-order chi connectivity index (χ0) is 20.7. The normalized spacial score (nSPS) is 16.7. The van der Waals surface area contributed by atoms with Crippen LogP contribution in [0.2, 0.25) is 0 Å². The van der Waals surface area contributed by atoms with Gasteiger partial charge in [-0.25, -0.2) is 4.98 Å². The summed E-state index contributed by atoms with van der Waals surface area (Å²) in [6.07, 6.45) is 5.60. The van der Waals surface area contributed by atoms with Crippen LogP contribution in [0.5, 0.6) is 0 Å². The fourth-order valence-corrected chi connectivity index (χ4v) is 4.82. The Balaban J connectivity index is 1.58. The van der Waals surface area contributed by atoms with Crippen LogP contribution in [-0.4, -0.2) is 27.7 Å². The molecule has 1 aromatic heterocycles. The van der Waals surface area contributed by atoms with Crippen LogP contribution >= 0.6 is 0 Å². The molecule has 1 aliphatic carbocycles. The number of carbonyl (C=O) groups excluding carboxylic acids is 2. The van der Waals surface area contributed by atoms with Gasteiger partial charge in [0.05, 0.1) is 11.1 Å². The largest absolute Gasteiger partial charge is 0.330 e. The number of aryl methyl sites for hydroxylation is 1. The zero-order valence-electron chi connectivity index (χ0n) is 17.1. The summed E-state index contributed by atoms with van der Waals surface area (Å²) in [5.41, 5.74) is 4.29. The minimum absolute atomic E-state index is 0.0349. The van der Waals surface area contributed by atoms with Crippen molar-refractivity contribution in [3.05, 3.63) is 70.9 Å². The van der Waals surface area contributed by atoms with E-state index in [0.29, 0.717) is 23.3 Å². The number of pyridine rings is 1. The molecule has 0 radical (unpaired) electrons. The third-order valence-corrected chi connectivity index (χ3v) is 6.30.